The number of hydrogen-bond acceptors (Lipinski definition) is 4. The van der Waals surface area contributed by atoms with Crippen molar-refractivity contribution >= 4 is 11.9 Å². The lowest BCUT2D eigenvalue weighted by atomic mass is 10.1. The van der Waals surface area contributed by atoms with Crippen molar-refractivity contribution in [3.63, 3.8) is 0 Å². The van der Waals surface area contributed by atoms with E-state index in [1.807, 2.05) is 6.92 Å². The summed E-state index contributed by atoms with van der Waals surface area (Å²) in [5.74, 6) is 0.623. The SMILES string of the molecule is CCOc1cc(C2NC(=O)N=C2N)ccc1O. The third kappa shape index (κ3) is 2.15. The van der Waals surface area contributed by atoms with Crippen molar-refractivity contribution < 1.29 is 14.6 Å². The number of phenols is 1. The minimum atomic E-state index is -0.460. The van der Waals surface area contributed by atoms with Crippen LogP contribution in [-0.2, 0) is 0 Å². The van der Waals surface area contributed by atoms with Crippen molar-refractivity contribution in [3.05, 3.63) is 23.8 Å². The Labute approximate surface area is 98.1 Å². The van der Waals surface area contributed by atoms with Gasteiger partial charge in [-0.15, -0.1) is 0 Å². The zero-order valence-corrected chi connectivity index (χ0v) is 9.30. The number of ether oxygens (including phenoxy) is 1. The molecule has 2 rings (SSSR count). The number of rotatable bonds is 3. The van der Waals surface area contributed by atoms with Gasteiger partial charge in [0.2, 0.25) is 0 Å². The van der Waals surface area contributed by atoms with Gasteiger partial charge in [-0.25, -0.2) is 4.79 Å². The van der Waals surface area contributed by atoms with Crippen LogP contribution in [-0.4, -0.2) is 23.6 Å². The third-order valence-corrected chi connectivity index (χ3v) is 2.41. The van der Waals surface area contributed by atoms with E-state index in [1.165, 1.54) is 6.07 Å². The van der Waals surface area contributed by atoms with E-state index in [1.54, 1.807) is 12.1 Å². The summed E-state index contributed by atoms with van der Waals surface area (Å²) in [6.45, 7) is 2.26. The molecule has 1 atom stereocenters. The van der Waals surface area contributed by atoms with Crippen molar-refractivity contribution in [1.29, 1.82) is 0 Å². The summed E-state index contributed by atoms with van der Waals surface area (Å²) >= 11 is 0. The molecule has 1 aromatic carbocycles. The van der Waals surface area contributed by atoms with Crippen molar-refractivity contribution in [2.75, 3.05) is 6.61 Å². The number of amidine groups is 1. The molecule has 17 heavy (non-hydrogen) atoms. The molecule has 90 valence electrons. The quantitative estimate of drug-likeness (QED) is 0.725. The molecule has 0 aliphatic carbocycles. The molecule has 0 saturated heterocycles. The zero-order valence-electron chi connectivity index (χ0n) is 9.30. The average Bonchev–Trinajstić information content (AvgIpc) is 2.61. The number of nitrogens with two attached hydrogens (primary N) is 1. The Morgan fingerprint density at radius 3 is 2.94 bits per heavy atom. The highest BCUT2D eigenvalue weighted by Gasteiger charge is 2.25. The summed E-state index contributed by atoms with van der Waals surface area (Å²) in [7, 11) is 0. The second-order valence-corrected chi connectivity index (χ2v) is 3.58. The van der Waals surface area contributed by atoms with Crippen molar-refractivity contribution in [1.82, 2.24) is 5.32 Å². The monoisotopic (exact) mass is 235 g/mol. The van der Waals surface area contributed by atoms with Crippen molar-refractivity contribution in [2.24, 2.45) is 10.7 Å². The number of aliphatic imine (C=N–C) groups is 1. The number of phenolic OH excluding ortho intramolecular Hbond substituents is 1. The summed E-state index contributed by atoms with van der Waals surface area (Å²) in [5, 5.41) is 12.2. The van der Waals surface area contributed by atoms with Gasteiger partial charge in [-0.3, -0.25) is 0 Å². The summed E-state index contributed by atoms with van der Waals surface area (Å²) < 4.78 is 5.26. The maximum atomic E-state index is 11.1. The lowest BCUT2D eigenvalue weighted by molar-refractivity contribution is 0.250. The minimum Gasteiger partial charge on any atom is -0.504 e. The van der Waals surface area contributed by atoms with E-state index in [0.29, 0.717) is 12.4 Å². The molecule has 6 nitrogen and oxygen atoms in total. The molecule has 0 fully saturated rings. The van der Waals surface area contributed by atoms with Crippen LogP contribution in [0.1, 0.15) is 18.5 Å². The number of benzene rings is 1. The number of aromatic hydroxyl groups is 1. The number of carbonyl (C=O) groups excluding carboxylic acids is 1. The first-order valence-corrected chi connectivity index (χ1v) is 5.22. The summed E-state index contributed by atoms with van der Waals surface area (Å²) in [4.78, 5) is 14.6. The van der Waals surface area contributed by atoms with Gasteiger partial charge in [0.15, 0.2) is 11.5 Å². The van der Waals surface area contributed by atoms with Crippen LogP contribution in [0.5, 0.6) is 11.5 Å². The van der Waals surface area contributed by atoms with Crippen LogP contribution in [0.25, 0.3) is 0 Å². The van der Waals surface area contributed by atoms with Gasteiger partial charge in [0.25, 0.3) is 0 Å². The van der Waals surface area contributed by atoms with E-state index in [2.05, 4.69) is 10.3 Å². The van der Waals surface area contributed by atoms with Crippen LogP contribution in [0.15, 0.2) is 23.2 Å². The Kier molecular flexibility index (Phi) is 2.86. The van der Waals surface area contributed by atoms with Crippen LogP contribution in [0.2, 0.25) is 0 Å². The average molecular weight is 235 g/mol. The van der Waals surface area contributed by atoms with Gasteiger partial charge in [0.1, 0.15) is 11.9 Å². The van der Waals surface area contributed by atoms with Crippen LogP contribution in [0, 0.1) is 0 Å². The van der Waals surface area contributed by atoms with Gasteiger partial charge in [-0.05, 0) is 24.6 Å². The van der Waals surface area contributed by atoms with Crippen LogP contribution in [0.3, 0.4) is 0 Å². The normalized spacial score (nSPS) is 18.8. The second-order valence-electron chi connectivity index (χ2n) is 3.58. The minimum absolute atomic E-state index is 0.0513. The number of nitrogens with zero attached hydrogens (tertiary/aromatic N) is 1. The number of urea groups is 1. The van der Waals surface area contributed by atoms with Crippen molar-refractivity contribution in [3.8, 4) is 11.5 Å². The maximum Gasteiger partial charge on any atom is 0.343 e. The molecule has 1 aromatic rings. The molecule has 0 saturated carbocycles. The largest absolute Gasteiger partial charge is 0.504 e. The Morgan fingerprint density at radius 2 is 2.35 bits per heavy atom. The Morgan fingerprint density at radius 1 is 1.59 bits per heavy atom. The molecule has 2 amide bonds. The molecule has 0 spiro atoms. The summed E-state index contributed by atoms with van der Waals surface area (Å²) in [6, 6.07) is 3.88. The molecule has 4 N–H and O–H groups in total. The number of amides is 2. The first-order chi connectivity index (χ1) is 8.11. The summed E-state index contributed by atoms with van der Waals surface area (Å²) in [5.41, 5.74) is 6.35. The van der Waals surface area contributed by atoms with E-state index >= 15 is 0 Å². The Hall–Kier alpha value is -2.24. The van der Waals surface area contributed by atoms with Crippen molar-refractivity contribution in [2.45, 2.75) is 13.0 Å². The molecule has 0 aromatic heterocycles. The highest BCUT2D eigenvalue weighted by Crippen LogP contribution is 2.30. The lowest BCUT2D eigenvalue weighted by Crippen LogP contribution is -2.27. The third-order valence-electron chi connectivity index (χ3n) is 2.41. The van der Waals surface area contributed by atoms with Gasteiger partial charge in [0, 0.05) is 0 Å². The number of carbonyl (C=O) groups is 1. The predicted molar refractivity (Wildman–Crippen MR) is 62.2 cm³/mol. The molecular weight excluding hydrogens is 222 g/mol. The smallest absolute Gasteiger partial charge is 0.343 e. The Bertz CT molecular complexity index is 485. The maximum absolute atomic E-state index is 11.1. The highest BCUT2D eigenvalue weighted by atomic mass is 16.5. The molecule has 6 heteroatoms. The van der Waals surface area contributed by atoms with Gasteiger partial charge in [0.05, 0.1) is 6.61 Å². The molecule has 1 unspecified atom stereocenters. The summed E-state index contributed by atoms with van der Waals surface area (Å²) in [6.07, 6.45) is 0. The van der Waals surface area contributed by atoms with Crippen LogP contribution < -0.4 is 15.8 Å². The van der Waals surface area contributed by atoms with E-state index in [4.69, 9.17) is 10.5 Å². The first-order valence-electron chi connectivity index (χ1n) is 5.22. The topological polar surface area (TPSA) is 96.9 Å². The van der Waals surface area contributed by atoms with Gasteiger partial charge in [-0.2, -0.15) is 4.99 Å². The standard InChI is InChI=1S/C11H13N3O3/c1-2-17-8-5-6(3-4-7(8)15)9-10(12)14-11(16)13-9/h3-5,9,15H,2H2,1H3,(H3,12,13,14,16). The Balaban J connectivity index is 2.31. The van der Waals surface area contributed by atoms with Crippen LogP contribution in [0.4, 0.5) is 4.79 Å². The number of nitrogens with one attached hydrogen (secondary N) is 1. The molecule has 0 bridgehead atoms. The second kappa shape index (κ2) is 4.32. The van der Waals surface area contributed by atoms with Gasteiger partial charge < -0.3 is 20.9 Å². The fourth-order valence-electron chi connectivity index (χ4n) is 1.65. The molecule has 1 heterocycles. The van der Waals surface area contributed by atoms with Gasteiger partial charge in [-0.1, -0.05) is 6.07 Å². The van der Waals surface area contributed by atoms with E-state index in [0.717, 1.165) is 5.56 Å². The molecule has 1 aliphatic rings. The molecule has 0 radical (unpaired) electrons. The fraction of sp³-hybridized carbons (Fsp3) is 0.273. The van der Waals surface area contributed by atoms with E-state index in [9.17, 15) is 9.90 Å². The van der Waals surface area contributed by atoms with E-state index in [-0.39, 0.29) is 11.6 Å². The fourth-order valence-corrected chi connectivity index (χ4v) is 1.65. The van der Waals surface area contributed by atoms with Gasteiger partial charge >= 0.3 is 6.03 Å². The number of hydrogen-bond donors (Lipinski definition) is 3. The zero-order chi connectivity index (χ0) is 12.4. The first kappa shape index (κ1) is 11.3. The lowest BCUT2D eigenvalue weighted by Gasteiger charge is -2.13. The highest BCUT2D eigenvalue weighted by molar-refractivity contribution is 6.03. The predicted octanol–water partition coefficient (Wildman–Crippen LogP) is 0.912. The van der Waals surface area contributed by atoms with E-state index < -0.39 is 12.1 Å². The molecule has 1 aliphatic heterocycles. The van der Waals surface area contributed by atoms with Crippen LogP contribution >= 0.6 is 0 Å². The molecular formula is C11H13N3O3.